The average molecular weight is 308 g/mol. The van der Waals surface area contributed by atoms with Crippen molar-refractivity contribution >= 4 is 40.4 Å². The van der Waals surface area contributed by atoms with Gasteiger partial charge in [-0.2, -0.15) is 0 Å². The molecule has 0 aliphatic rings. The summed E-state index contributed by atoms with van der Waals surface area (Å²) in [5.74, 6) is -1.03. The summed E-state index contributed by atoms with van der Waals surface area (Å²) in [4.78, 5) is 10.9. The number of halogens is 2. The Bertz CT molecular complexity index is 382. The highest BCUT2D eigenvalue weighted by atomic mass is 127. The molecule has 0 saturated carbocycles. The Morgan fingerprint density at radius 2 is 2.36 bits per heavy atom. The van der Waals surface area contributed by atoms with E-state index in [1.165, 1.54) is 12.1 Å². The maximum atomic E-state index is 13.0. The number of hydrogen-bond donors (Lipinski definition) is 2. The van der Waals surface area contributed by atoms with Crippen LogP contribution in [0.2, 0.25) is 0 Å². The van der Waals surface area contributed by atoms with Crippen molar-refractivity contribution in [1.29, 1.82) is 0 Å². The topological polar surface area (TPSA) is 61.7 Å². The van der Waals surface area contributed by atoms with E-state index in [1.807, 2.05) is 0 Å². The number of oxime groups is 1. The second-order valence-electron chi connectivity index (χ2n) is 2.34. The third-order valence-electron chi connectivity index (χ3n) is 1.38. The normalized spacial score (nSPS) is 10.4. The molecule has 0 spiro atoms. The Labute approximate surface area is 92.9 Å². The molecule has 0 aromatic heterocycles. The molecule has 2 N–H and O–H groups in total. The highest BCUT2D eigenvalue weighted by Gasteiger charge is 2.06. The third kappa shape index (κ3) is 2.66. The smallest absolute Gasteiger partial charge is 0.270 e. The summed E-state index contributed by atoms with van der Waals surface area (Å²) in [6, 6.07) is 4.31. The van der Waals surface area contributed by atoms with E-state index in [0.717, 1.165) is 0 Å². The van der Waals surface area contributed by atoms with E-state index in [0.29, 0.717) is 15.5 Å². The maximum absolute atomic E-state index is 13.0. The third-order valence-corrected chi connectivity index (χ3v) is 2.48. The van der Waals surface area contributed by atoms with Gasteiger partial charge in [0.2, 0.25) is 0 Å². The molecule has 0 fully saturated rings. The first-order valence-electron chi connectivity index (χ1n) is 3.57. The number of nitrogens with zero attached hydrogens (tertiary/aromatic N) is 1. The fraction of sp³-hybridized carbons (Fsp3) is 0. The molecule has 0 radical (unpaired) electrons. The van der Waals surface area contributed by atoms with Gasteiger partial charge in [0, 0.05) is 0 Å². The minimum absolute atomic E-state index is 0.310. The number of amides is 1. The largest absolute Gasteiger partial charge is 0.411 e. The van der Waals surface area contributed by atoms with Gasteiger partial charge in [-0.3, -0.25) is 4.79 Å². The highest BCUT2D eigenvalue weighted by Crippen LogP contribution is 2.20. The van der Waals surface area contributed by atoms with Crippen LogP contribution in [-0.2, 0) is 4.79 Å². The standard InChI is InChI=1S/C8H6FIN2O2/c9-5-2-1-3-6(8(5)10)12-7(13)4-11-14/h1-4,14H,(H,12,13). The zero-order valence-electron chi connectivity index (χ0n) is 6.87. The first-order valence-corrected chi connectivity index (χ1v) is 4.65. The maximum Gasteiger partial charge on any atom is 0.270 e. The molecule has 1 amide bonds. The van der Waals surface area contributed by atoms with Crippen LogP contribution in [0.4, 0.5) is 10.1 Å². The molecule has 0 unspecified atom stereocenters. The van der Waals surface area contributed by atoms with Gasteiger partial charge < -0.3 is 10.5 Å². The zero-order valence-corrected chi connectivity index (χ0v) is 9.03. The van der Waals surface area contributed by atoms with E-state index >= 15 is 0 Å². The van der Waals surface area contributed by atoms with Gasteiger partial charge in [0.05, 0.1) is 9.26 Å². The van der Waals surface area contributed by atoms with Gasteiger partial charge in [0.15, 0.2) is 0 Å². The minimum Gasteiger partial charge on any atom is -0.411 e. The number of nitrogens with one attached hydrogen (secondary N) is 1. The monoisotopic (exact) mass is 308 g/mol. The van der Waals surface area contributed by atoms with Gasteiger partial charge >= 0.3 is 0 Å². The zero-order chi connectivity index (χ0) is 10.6. The number of hydrogen-bond acceptors (Lipinski definition) is 3. The fourth-order valence-corrected chi connectivity index (χ4v) is 1.31. The van der Waals surface area contributed by atoms with E-state index < -0.39 is 11.7 Å². The predicted molar refractivity (Wildman–Crippen MR) is 58.0 cm³/mol. The predicted octanol–water partition coefficient (Wildman–Crippen LogP) is 1.83. The van der Waals surface area contributed by atoms with Crippen molar-refractivity contribution < 1.29 is 14.4 Å². The number of rotatable bonds is 2. The summed E-state index contributed by atoms with van der Waals surface area (Å²) in [6.07, 6.45) is 0.695. The second-order valence-corrected chi connectivity index (χ2v) is 3.41. The minimum atomic E-state index is -0.615. The van der Waals surface area contributed by atoms with Crippen molar-refractivity contribution in [2.75, 3.05) is 5.32 Å². The van der Waals surface area contributed by atoms with Crippen molar-refractivity contribution in [3.05, 3.63) is 27.6 Å². The van der Waals surface area contributed by atoms with E-state index in [-0.39, 0.29) is 0 Å². The Hall–Kier alpha value is -1.18. The Morgan fingerprint density at radius 1 is 1.64 bits per heavy atom. The molecule has 1 aromatic rings. The van der Waals surface area contributed by atoms with Crippen LogP contribution >= 0.6 is 22.6 Å². The highest BCUT2D eigenvalue weighted by molar-refractivity contribution is 14.1. The van der Waals surface area contributed by atoms with E-state index in [1.54, 1.807) is 28.7 Å². The quantitative estimate of drug-likeness (QED) is 0.379. The summed E-state index contributed by atoms with van der Waals surface area (Å²) < 4.78 is 13.3. The Morgan fingerprint density at radius 3 is 3.00 bits per heavy atom. The Balaban J connectivity index is 2.87. The molecule has 14 heavy (non-hydrogen) atoms. The van der Waals surface area contributed by atoms with Gasteiger partial charge in [0.25, 0.3) is 5.91 Å². The molecule has 0 bridgehead atoms. The molecule has 74 valence electrons. The second kappa shape index (κ2) is 4.89. The van der Waals surface area contributed by atoms with Crippen LogP contribution in [0.25, 0.3) is 0 Å². The SMILES string of the molecule is O=C(C=NO)Nc1cccc(F)c1I. The molecular weight excluding hydrogens is 302 g/mol. The van der Waals surface area contributed by atoms with E-state index in [9.17, 15) is 9.18 Å². The first-order chi connectivity index (χ1) is 6.65. The summed E-state index contributed by atoms with van der Waals surface area (Å²) in [6.45, 7) is 0. The van der Waals surface area contributed by atoms with Crippen LogP contribution in [0.15, 0.2) is 23.4 Å². The van der Waals surface area contributed by atoms with Crippen molar-refractivity contribution in [3.8, 4) is 0 Å². The van der Waals surface area contributed by atoms with Crippen LogP contribution in [0.5, 0.6) is 0 Å². The lowest BCUT2D eigenvalue weighted by Gasteiger charge is -2.04. The molecule has 0 aliphatic heterocycles. The van der Waals surface area contributed by atoms with Gasteiger partial charge in [-0.1, -0.05) is 11.2 Å². The lowest BCUT2D eigenvalue weighted by atomic mass is 10.3. The molecule has 0 atom stereocenters. The van der Waals surface area contributed by atoms with Gasteiger partial charge in [-0.05, 0) is 34.7 Å². The molecule has 1 aromatic carbocycles. The number of carbonyl (C=O) groups is 1. The van der Waals surface area contributed by atoms with Crippen molar-refractivity contribution in [2.24, 2.45) is 5.16 Å². The van der Waals surface area contributed by atoms with Crippen molar-refractivity contribution in [2.45, 2.75) is 0 Å². The summed E-state index contributed by atoms with van der Waals surface area (Å²) in [7, 11) is 0. The molecule has 6 heteroatoms. The summed E-state index contributed by atoms with van der Waals surface area (Å²) >= 11 is 1.77. The van der Waals surface area contributed by atoms with E-state index in [4.69, 9.17) is 5.21 Å². The molecule has 0 saturated heterocycles. The number of carbonyl (C=O) groups excluding carboxylic acids is 1. The Kier molecular flexibility index (Phi) is 3.81. The van der Waals surface area contributed by atoms with Gasteiger partial charge in [0.1, 0.15) is 12.0 Å². The van der Waals surface area contributed by atoms with Crippen molar-refractivity contribution in [1.82, 2.24) is 0 Å². The average Bonchev–Trinajstić information content (AvgIpc) is 2.13. The lowest BCUT2D eigenvalue weighted by molar-refractivity contribution is -0.110. The van der Waals surface area contributed by atoms with Crippen LogP contribution in [0.1, 0.15) is 0 Å². The van der Waals surface area contributed by atoms with Gasteiger partial charge in [-0.15, -0.1) is 0 Å². The summed E-state index contributed by atoms with van der Waals surface area (Å²) in [5.41, 5.74) is 0.343. The molecule has 1 rings (SSSR count). The first kappa shape index (κ1) is 10.9. The fourth-order valence-electron chi connectivity index (χ4n) is 0.818. The van der Waals surface area contributed by atoms with Gasteiger partial charge in [-0.25, -0.2) is 4.39 Å². The van der Waals surface area contributed by atoms with Crippen LogP contribution < -0.4 is 5.32 Å². The lowest BCUT2D eigenvalue weighted by Crippen LogP contribution is -2.13. The van der Waals surface area contributed by atoms with Crippen molar-refractivity contribution in [3.63, 3.8) is 0 Å². The van der Waals surface area contributed by atoms with Crippen LogP contribution in [0, 0.1) is 9.39 Å². The number of benzene rings is 1. The molecule has 0 heterocycles. The summed E-state index contributed by atoms with van der Waals surface area (Å²) in [5, 5.41) is 13.0. The molecule has 0 aliphatic carbocycles. The number of anilines is 1. The van der Waals surface area contributed by atoms with Crippen LogP contribution in [-0.4, -0.2) is 17.3 Å². The van der Waals surface area contributed by atoms with E-state index in [2.05, 4.69) is 10.5 Å². The molecule has 4 nitrogen and oxygen atoms in total. The van der Waals surface area contributed by atoms with Crippen LogP contribution in [0.3, 0.4) is 0 Å². The molecular formula is C8H6FIN2O2.